The van der Waals surface area contributed by atoms with Gasteiger partial charge in [-0.05, 0) is 17.8 Å². The van der Waals surface area contributed by atoms with E-state index in [1.165, 1.54) is 6.42 Å². The quantitative estimate of drug-likeness (QED) is 0.698. The molecule has 4 heteroatoms. The van der Waals surface area contributed by atoms with Crippen LogP contribution in [0, 0.1) is 11.3 Å². The molecule has 4 nitrogen and oxygen atoms in total. The Morgan fingerprint density at radius 2 is 1.90 bits per heavy atom. The predicted octanol–water partition coefficient (Wildman–Crippen LogP) is 2.38. The third kappa shape index (κ3) is 7.09. The van der Waals surface area contributed by atoms with Gasteiger partial charge in [0.2, 0.25) is 0 Å². The van der Waals surface area contributed by atoms with Gasteiger partial charge in [0.25, 0.3) is 0 Å². The Kier molecular flexibility index (Phi) is 8.17. The molecule has 0 amide bonds. The Hall–Kier alpha value is -0.160. The lowest BCUT2D eigenvalue weighted by Gasteiger charge is -2.45. The summed E-state index contributed by atoms with van der Waals surface area (Å²) in [7, 11) is 1.71. The largest absolute Gasteiger partial charge is 0.382 e. The number of piperazine rings is 1. The van der Waals surface area contributed by atoms with E-state index in [0.717, 1.165) is 32.2 Å². The van der Waals surface area contributed by atoms with Gasteiger partial charge in [-0.1, -0.05) is 34.6 Å². The molecular weight excluding hydrogens is 264 g/mol. The first-order chi connectivity index (χ1) is 9.84. The lowest BCUT2D eigenvalue weighted by Crippen LogP contribution is -2.61. The lowest BCUT2D eigenvalue weighted by atomic mass is 9.84. The summed E-state index contributed by atoms with van der Waals surface area (Å²) >= 11 is 0. The molecule has 2 atom stereocenters. The van der Waals surface area contributed by atoms with Gasteiger partial charge < -0.3 is 14.8 Å². The zero-order valence-corrected chi connectivity index (χ0v) is 14.9. The SMILES string of the molecule is COCCOCCN1CC(C(C)(C)C)NCC1CC(C)C. The molecule has 0 aliphatic carbocycles. The Morgan fingerprint density at radius 1 is 1.19 bits per heavy atom. The molecule has 126 valence electrons. The average Bonchev–Trinajstić information content (AvgIpc) is 2.38. The lowest BCUT2D eigenvalue weighted by molar-refractivity contribution is 0.0248. The number of nitrogens with zero attached hydrogens (tertiary/aromatic N) is 1. The molecule has 1 N–H and O–H groups in total. The highest BCUT2D eigenvalue weighted by molar-refractivity contribution is 4.92. The molecule has 2 unspecified atom stereocenters. The smallest absolute Gasteiger partial charge is 0.0700 e. The van der Waals surface area contributed by atoms with E-state index >= 15 is 0 Å². The minimum Gasteiger partial charge on any atom is -0.382 e. The van der Waals surface area contributed by atoms with Gasteiger partial charge in [0.05, 0.1) is 19.8 Å². The van der Waals surface area contributed by atoms with Gasteiger partial charge in [-0.2, -0.15) is 0 Å². The monoisotopic (exact) mass is 300 g/mol. The van der Waals surface area contributed by atoms with E-state index in [2.05, 4.69) is 44.8 Å². The number of hydrogen-bond donors (Lipinski definition) is 1. The van der Waals surface area contributed by atoms with Crippen molar-refractivity contribution < 1.29 is 9.47 Å². The second-order valence-electron chi connectivity index (χ2n) is 7.71. The molecule has 1 fully saturated rings. The molecule has 0 aromatic carbocycles. The maximum Gasteiger partial charge on any atom is 0.0700 e. The van der Waals surface area contributed by atoms with Crippen molar-refractivity contribution in [2.75, 3.05) is 46.6 Å². The summed E-state index contributed by atoms with van der Waals surface area (Å²) in [6, 6.07) is 1.19. The molecule has 0 saturated carbocycles. The van der Waals surface area contributed by atoms with Gasteiger partial charge >= 0.3 is 0 Å². The Morgan fingerprint density at radius 3 is 2.48 bits per heavy atom. The van der Waals surface area contributed by atoms with Crippen LogP contribution in [0.25, 0.3) is 0 Å². The highest BCUT2D eigenvalue weighted by atomic mass is 16.5. The third-order valence-corrected chi connectivity index (χ3v) is 4.28. The fourth-order valence-electron chi connectivity index (χ4n) is 2.91. The van der Waals surface area contributed by atoms with Crippen molar-refractivity contribution in [2.24, 2.45) is 11.3 Å². The summed E-state index contributed by atoms with van der Waals surface area (Å²) in [4.78, 5) is 2.62. The Balaban J connectivity index is 2.48. The fraction of sp³-hybridized carbons (Fsp3) is 1.00. The Bertz CT molecular complexity index is 276. The molecule has 0 spiro atoms. The van der Waals surface area contributed by atoms with Crippen molar-refractivity contribution in [3.63, 3.8) is 0 Å². The van der Waals surface area contributed by atoms with E-state index in [4.69, 9.17) is 9.47 Å². The van der Waals surface area contributed by atoms with Crippen LogP contribution in [0.5, 0.6) is 0 Å². The Labute approximate surface area is 131 Å². The van der Waals surface area contributed by atoms with Gasteiger partial charge in [0.15, 0.2) is 0 Å². The fourth-order valence-corrected chi connectivity index (χ4v) is 2.91. The molecule has 1 aliphatic heterocycles. The van der Waals surface area contributed by atoms with E-state index in [9.17, 15) is 0 Å². The first-order valence-electron chi connectivity index (χ1n) is 8.38. The van der Waals surface area contributed by atoms with Crippen LogP contribution in [0.1, 0.15) is 41.0 Å². The molecule has 1 heterocycles. The van der Waals surface area contributed by atoms with Crippen LogP contribution in [0.3, 0.4) is 0 Å². The summed E-state index contributed by atoms with van der Waals surface area (Å²) in [6.07, 6.45) is 1.25. The second kappa shape index (κ2) is 9.09. The van der Waals surface area contributed by atoms with Crippen molar-refractivity contribution in [3.05, 3.63) is 0 Å². The van der Waals surface area contributed by atoms with Gasteiger partial charge in [-0.25, -0.2) is 0 Å². The van der Waals surface area contributed by atoms with Crippen molar-refractivity contribution in [1.29, 1.82) is 0 Å². The minimum absolute atomic E-state index is 0.304. The van der Waals surface area contributed by atoms with Crippen LogP contribution in [0.15, 0.2) is 0 Å². The maximum absolute atomic E-state index is 5.66. The van der Waals surface area contributed by atoms with Crippen molar-refractivity contribution >= 4 is 0 Å². The van der Waals surface area contributed by atoms with Crippen LogP contribution in [0.2, 0.25) is 0 Å². The maximum atomic E-state index is 5.66. The molecule has 0 bridgehead atoms. The third-order valence-electron chi connectivity index (χ3n) is 4.28. The summed E-state index contributed by atoms with van der Waals surface area (Å²) in [5, 5.41) is 3.75. The van der Waals surface area contributed by atoms with Crippen LogP contribution >= 0.6 is 0 Å². The molecule has 0 aromatic heterocycles. The number of rotatable bonds is 8. The normalized spacial score (nSPS) is 24.7. The van der Waals surface area contributed by atoms with Gasteiger partial charge in [0, 0.05) is 38.8 Å². The van der Waals surface area contributed by atoms with E-state index in [0.29, 0.717) is 30.7 Å². The van der Waals surface area contributed by atoms with Crippen molar-refractivity contribution in [3.8, 4) is 0 Å². The van der Waals surface area contributed by atoms with Gasteiger partial charge in [-0.3, -0.25) is 4.90 Å². The second-order valence-corrected chi connectivity index (χ2v) is 7.71. The van der Waals surface area contributed by atoms with E-state index in [1.807, 2.05) is 0 Å². The van der Waals surface area contributed by atoms with E-state index in [-0.39, 0.29) is 0 Å². The first kappa shape index (κ1) is 18.9. The summed E-state index contributed by atoms with van der Waals surface area (Å²) < 4.78 is 10.7. The van der Waals surface area contributed by atoms with Gasteiger partial charge in [-0.15, -0.1) is 0 Å². The molecule has 1 rings (SSSR count). The highest BCUT2D eigenvalue weighted by Crippen LogP contribution is 2.25. The predicted molar refractivity (Wildman–Crippen MR) is 88.8 cm³/mol. The molecule has 0 radical (unpaired) electrons. The zero-order chi connectivity index (χ0) is 15.9. The average molecular weight is 300 g/mol. The number of hydrogen-bond acceptors (Lipinski definition) is 4. The topological polar surface area (TPSA) is 33.7 Å². The summed E-state index contributed by atoms with van der Waals surface area (Å²) in [6.45, 7) is 17.0. The van der Waals surface area contributed by atoms with E-state index < -0.39 is 0 Å². The van der Waals surface area contributed by atoms with Crippen LogP contribution in [0.4, 0.5) is 0 Å². The van der Waals surface area contributed by atoms with Crippen LogP contribution in [-0.4, -0.2) is 63.5 Å². The minimum atomic E-state index is 0.304. The standard InChI is InChI=1S/C17H36N2O2/c1-14(2)11-15-12-18-16(17(3,4)5)13-19(15)7-8-21-10-9-20-6/h14-16,18H,7-13H2,1-6H3. The molecule has 1 aliphatic rings. The molecular formula is C17H36N2O2. The number of nitrogens with one attached hydrogen (secondary N) is 1. The number of methoxy groups -OCH3 is 1. The summed E-state index contributed by atoms with van der Waals surface area (Å²) in [5.74, 6) is 0.736. The van der Waals surface area contributed by atoms with Crippen molar-refractivity contribution in [2.45, 2.75) is 53.1 Å². The molecule has 1 saturated heterocycles. The summed E-state index contributed by atoms with van der Waals surface area (Å²) in [5.41, 5.74) is 0.304. The first-order valence-corrected chi connectivity index (χ1v) is 8.38. The van der Waals surface area contributed by atoms with Crippen molar-refractivity contribution in [1.82, 2.24) is 10.2 Å². The molecule has 21 heavy (non-hydrogen) atoms. The highest BCUT2D eigenvalue weighted by Gasteiger charge is 2.33. The molecule has 0 aromatic rings. The van der Waals surface area contributed by atoms with Crippen LogP contribution < -0.4 is 5.32 Å². The van der Waals surface area contributed by atoms with E-state index in [1.54, 1.807) is 7.11 Å². The van der Waals surface area contributed by atoms with Crippen LogP contribution in [-0.2, 0) is 9.47 Å². The van der Waals surface area contributed by atoms with Gasteiger partial charge in [0.1, 0.15) is 0 Å². The zero-order valence-electron chi connectivity index (χ0n) is 14.9. The number of ether oxygens (including phenoxy) is 2.